The van der Waals surface area contributed by atoms with Gasteiger partial charge in [-0.2, -0.15) is 0 Å². The van der Waals surface area contributed by atoms with Crippen molar-refractivity contribution in [2.45, 2.75) is 19.8 Å². The second kappa shape index (κ2) is 10.7. The van der Waals surface area contributed by atoms with Crippen LogP contribution in [0.3, 0.4) is 0 Å². The zero-order valence-electron chi connectivity index (χ0n) is 17.0. The largest absolute Gasteiger partial charge is 0.493 e. The number of rotatable bonds is 9. The number of ether oxygens (including phenoxy) is 3. The lowest BCUT2D eigenvalue weighted by Gasteiger charge is -2.13. The molecular weight excluding hydrogens is 402 g/mol. The highest BCUT2D eigenvalue weighted by Crippen LogP contribution is 2.36. The zero-order chi connectivity index (χ0) is 21.3. The summed E-state index contributed by atoms with van der Waals surface area (Å²) in [6, 6.07) is 21.1. The molecule has 0 aliphatic rings. The van der Waals surface area contributed by atoms with Gasteiger partial charge in [-0.25, -0.2) is 0 Å². The standard InChI is InChI=1S/C24H24ClNO4/c1-28-22-13-20(12-21(25)23(22)29-2)24(27)26-14-18-10-6-7-11-19(18)16-30-15-17-8-4-3-5-9-17/h3-13H,14-16H2,1-2H3,(H,26,27). The Hall–Kier alpha value is -3.02. The second-order valence-electron chi connectivity index (χ2n) is 6.62. The molecule has 0 heterocycles. The van der Waals surface area contributed by atoms with E-state index >= 15 is 0 Å². The third-order valence-electron chi connectivity index (χ3n) is 4.62. The molecule has 0 unspecified atom stereocenters. The summed E-state index contributed by atoms with van der Waals surface area (Å²) >= 11 is 6.21. The van der Waals surface area contributed by atoms with Crippen molar-refractivity contribution in [3.05, 3.63) is 94.0 Å². The van der Waals surface area contributed by atoms with Gasteiger partial charge in [-0.05, 0) is 28.8 Å². The molecule has 1 N–H and O–H groups in total. The first kappa shape index (κ1) is 21.7. The first-order valence-corrected chi connectivity index (χ1v) is 9.88. The van der Waals surface area contributed by atoms with Crippen molar-refractivity contribution in [2.24, 2.45) is 0 Å². The highest BCUT2D eigenvalue weighted by molar-refractivity contribution is 6.32. The van der Waals surface area contributed by atoms with Crippen LogP contribution in [0.1, 0.15) is 27.0 Å². The Labute approximate surface area is 181 Å². The van der Waals surface area contributed by atoms with Crippen LogP contribution in [0.2, 0.25) is 5.02 Å². The van der Waals surface area contributed by atoms with E-state index in [9.17, 15) is 4.79 Å². The number of halogens is 1. The van der Waals surface area contributed by atoms with Crippen LogP contribution in [0.5, 0.6) is 11.5 Å². The first-order valence-electron chi connectivity index (χ1n) is 9.50. The molecule has 156 valence electrons. The summed E-state index contributed by atoms with van der Waals surface area (Å²) in [7, 11) is 3.00. The number of hydrogen-bond acceptors (Lipinski definition) is 4. The lowest BCUT2D eigenvalue weighted by atomic mass is 10.1. The predicted molar refractivity (Wildman–Crippen MR) is 117 cm³/mol. The van der Waals surface area contributed by atoms with Crippen LogP contribution in [0.25, 0.3) is 0 Å². The van der Waals surface area contributed by atoms with Crippen molar-refractivity contribution in [3.63, 3.8) is 0 Å². The molecule has 6 heteroatoms. The zero-order valence-corrected chi connectivity index (χ0v) is 17.7. The van der Waals surface area contributed by atoms with E-state index in [1.54, 1.807) is 12.1 Å². The smallest absolute Gasteiger partial charge is 0.251 e. The number of hydrogen-bond donors (Lipinski definition) is 1. The van der Waals surface area contributed by atoms with Crippen LogP contribution in [-0.2, 0) is 24.5 Å². The lowest BCUT2D eigenvalue weighted by molar-refractivity contribution is 0.0947. The van der Waals surface area contributed by atoms with Crippen molar-refractivity contribution < 1.29 is 19.0 Å². The Morgan fingerprint density at radius 1 is 0.900 bits per heavy atom. The van der Waals surface area contributed by atoms with Crippen LogP contribution in [0, 0.1) is 0 Å². The number of benzene rings is 3. The Morgan fingerprint density at radius 2 is 1.60 bits per heavy atom. The van der Waals surface area contributed by atoms with Gasteiger partial charge in [0, 0.05) is 12.1 Å². The van der Waals surface area contributed by atoms with Gasteiger partial charge >= 0.3 is 0 Å². The Balaban J connectivity index is 1.63. The summed E-state index contributed by atoms with van der Waals surface area (Å²) in [6.45, 7) is 1.37. The molecule has 5 nitrogen and oxygen atoms in total. The molecular formula is C24H24ClNO4. The summed E-state index contributed by atoms with van der Waals surface area (Å²) < 4.78 is 16.3. The molecule has 30 heavy (non-hydrogen) atoms. The van der Waals surface area contributed by atoms with E-state index in [2.05, 4.69) is 5.32 Å². The third-order valence-corrected chi connectivity index (χ3v) is 4.90. The average Bonchev–Trinajstić information content (AvgIpc) is 2.78. The lowest BCUT2D eigenvalue weighted by Crippen LogP contribution is -2.23. The van der Waals surface area contributed by atoms with Gasteiger partial charge in [-0.15, -0.1) is 0 Å². The molecule has 0 spiro atoms. The minimum atomic E-state index is -0.252. The van der Waals surface area contributed by atoms with Crippen LogP contribution in [0.15, 0.2) is 66.7 Å². The maximum Gasteiger partial charge on any atom is 0.251 e. The van der Waals surface area contributed by atoms with Crippen molar-refractivity contribution in [2.75, 3.05) is 14.2 Å². The fraction of sp³-hybridized carbons (Fsp3) is 0.208. The molecule has 3 aromatic carbocycles. The average molecular weight is 426 g/mol. The third kappa shape index (κ3) is 5.53. The Bertz CT molecular complexity index is 992. The molecule has 1 amide bonds. The van der Waals surface area contributed by atoms with Gasteiger partial charge in [0.25, 0.3) is 5.91 Å². The maximum absolute atomic E-state index is 12.7. The van der Waals surface area contributed by atoms with E-state index in [4.69, 9.17) is 25.8 Å². The summed E-state index contributed by atoms with van der Waals surface area (Å²) in [5, 5.41) is 3.25. The number of nitrogens with one attached hydrogen (secondary N) is 1. The monoisotopic (exact) mass is 425 g/mol. The topological polar surface area (TPSA) is 56.8 Å². The van der Waals surface area contributed by atoms with E-state index < -0.39 is 0 Å². The summed E-state index contributed by atoms with van der Waals surface area (Å²) in [5.41, 5.74) is 3.54. The molecule has 0 aromatic heterocycles. The normalized spacial score (nSPS) is 10.5. The number of carbonyl (C=O) groups excluding carboxylic acids is 1. The Morgan fingerprint density at radius 3 is 2.30 bits per heavy atom. The number of amides is 1. The van der Waals surface area contributed by atoms with E-state index in [-0.39, 0.29) is 5.91 Å². The second-order valence-corrected chi connectivity index (χ2v) is 7.03. The van der Waals surface area contributed by atoms with Crippen molar-refractivity contribution in [3.8, 4) is 11.5 Å². The molecule has 0 aliphatic carbocycles. The van der Waals surface area contributed by atoms with Crippen LogP contribution >= 0.6 is 11.6 Å². The molecule has 0 aliphatic heterocycles. The van der Waals surface area contributed by atoms with E-state index in [1.807, 2.05) is 54.6 Å². The van der Waals surface area contributed by atoms with E-state index in [0.29, 0.717) is 41.8 Å². The highest BCUT2D eigenvalue weighted by Gasteiger charge is 2.15. The van der Waals surface area contributed by atoms with Gasteiger partial charge in [0.05, 0.1) is 32.5 Å². The molecule has 0 saturated carbocycles. The number of methoxy groups -OCH3 is 2. The van der Waals surface area contributed by atoms with Gasteiger partial charge < -0.3 is 19.5 Å². The van der Waals surface area contributed by atoms with Crippen molar-refractivity contribution >= 4 is 17.5 Å². The fourth-order valence-corrected chi connectivity index (χ4v) is 3.34. The fourth-order valence-electron chi connectivity index (χ4n) is 3.05. The molecule has 0 radical (unpaired) electrons. The van der Waals surface area contributed by atoms with Crippen LogP contribution in [0.4, 0.5) is 0 Å². The molecule has 3 aromatic rings. The first-order chi connectivity index (χ1) is 14.6. The predicted octanol–water partition coefficient (Wildman–Crippen LogP) is 5.00. The number of carbonyl (C=O) groups is 1. The SMILES string of the molecule is COc1cc(C(=O)NCc2ccccc2COCc2ccccc2)cc(Cl)c1OC. The van der Waals surface area contributed by atoms with Gasteiger partial charge in [-0.3, -0.25) is 4.79 Å². The van der Waals surface area contributed by atoms with Crippen LogP contribution < -0.4 is 14.8 Å². The summed E-state index contributed by atoms with van der Waals surface area (Å²) in [4.78, 5) is 12.7. The highest BCUT2D eigenvalue weighted by atomic mass is 35.5. The Kier molecular flexibility index (Phi) is 7.71. The van der Waals surface area contributed by atoms with Crippen LogP contribution in [-0.4, -0.2) is 20.1 Å². The van der Waals surface area contributed by atoms with Gasteiger partial charge in [0.15, 0.2) is 11.5 Å². The molecule has 3 rings (SSSR count). The maximum atomic E-state index is 12.7. The van der Waals surface area contributed by atoms with E-state index in [0.717, 1.165) is 16.7 Å². The van der Waals surface area contributed by atoms with Gasteiger partial charge in [-0.1, -0.05) is 66.2 Å². The molecule has 0 fully saturated rings. The van der Waals surface area contributed by atoms with Crippen molar-refractivity contribution in [1.82, 2.24) is 5.32 Å². The van der Waals surface area contributed by atoms with E-state index in [1.165, 1.54) is 14.2 Å². The molecule has 0 saturated heterocycles. The minimum absolute atomic E-state index is 0.252. The van der Waals surface area contributed by atoms with Gasteiger partial charge in [0.2, 0.25) is 0 Å². The molecule has 0 atom stereocenters. The summed E-state index contributed by atoms with van der Waals surface area (Å²) in [5.74, 6) is 0.555. The van der Waals surface area contributed by atoms with Crippen molar-refractivity contribution in [1.29, 1.82) is 0 Å². The quantitative estimate of drug-likeness (QED) is 0.524. The minimum Gasteiger partial charge on any atom is -0.493 e. The molecule has 0 bridgehead atoms. The summed E-state index contributed by atoms with van der Waals surface area (Å²) in [6.07, 6.45) is 0. The van der Waals surface area contributed by atoms with Gasteiger partial charge in [0.1, 0.15) is 0 Å².